The van der Waals surface area contributed by atoms with Gasteiger partial charge in [0.15, 0.2) is 0 Å². The molecule has 0 aromatic heterocycles. The van der Waals surface area contributed by atoms with Gasteiger partial charge >= 0.3 is 0 Å². The minimum absolute atomic E-state index is 0.840. The molecule has 0 unspecified atom stereocenters. The summed E-state index contributed by atoms with van der Waals surface area (Å²) in [7, 11) is 1.91. The molecule has 72 valence electrons. The summed E-state index contributed by atoms with van der Waals surface area (Å²) in [6.07, 6.45) is 3.87. The second-order valence-corrected chi connectivity index (χ2v) is 3.77. The third-order valence-electron chi connectivity index (χ3n) is 2.69. The van der Waals surface area contributed by atoms with Gasteiger partial charge in [-0.25, -0.2) is 0 Å². The molecule has 0 heterocycles. The van der Waals surface area contributed by atoms with E-state index >= 15 is 0 Å². The molecule has 2 heteroatoms. The van der Waals surface area contributed by atoms with Crippen molar-refractivity contribution in [3.8, 4) is 0 Å². The Kier molecular flexibility index (Phi) is 2.35. The van der Waals surface area contributed by atoms with Crippen LogP contribution >= 0.6 is 0 Å². The van der Waals surface area contributed by atoms with Crippen LogP contribution in [0.15, 0.2) is 35.7 Å². The fraction of sp³-hybridized carbons (Fsp3) is 0.455. The average molecular weight is 179 g/mol. The highest BCUT2D eigenvalue weighted by molar-refractivity contribution is 5.41. The van der Waals surface area contributed by atoms with Crippen molar-refractivity contribution in [2.75, 3.05) is 7.05 Å². The Hall–Kier alpha value is -1.02. The van der Waals surface area contributed by atoms with E-state index in [1.807, 2.05) is 37.9 Å². The van der Waals surface area contributed by atoms with Gasteiger partial charge in [-0.15, -0.1) is 0 Å². The molecule has 0 aliphatic heterocycles. The van der Waals surface area contributed by atoms with Gasteiger partial charge in [0.25, 0.3) is 0 Å². The lowest BCUT2D eigenvalue weighted by Crippen LogP contribution is -2.34. The summed E-state index contributed by atoms with van der Waals surface area (Å²) in [4.78, 5) is 1.91. The fourth-order valence-electron chi connectivity index (χ4n) is 1.37. The zero-order chi connectivity index (χ0) is 10.2. The van der Waals surface area contributed by atoms with E-state index in [0.717, 1.165) is 17.0 Å². The van der Waals surface area contributed by atoms with Crippen LogP contribution in [0, 0.1) is 0 Å². The molecule has 0 amide bonds. The summed E-state index contributed by atoms with van der Waals surface area (Å²) in [6, 6.07) is 0. The van der Waals surface area contributed by atoms with Crippen molar-refractivity contribution in [2.24, 2.45) is 0 Å². The van der Waals surface area contributed by atoms with Crippen LogP contribution in [0.3, 0.4) is 0 Å². The smallest absolute Gasteiger partial charge is 0.123 e. The maximum absolute atomic E-state index is 10.1. The Morgan fingerprint density at radius 2 is 2.08 bits per heavy atom. The van der Waals surface area contributed by atoms with Crippen LogP contribution in [0.2, 0.25) is 0 Å². The molecule has 0 aromatic rings. The number of allylic oxidation sites excluding steroid dienone is 3. The summed E-state index contributed by atoms with van der Waals surface area (Å²) < 4.78 is 0. The maximum Gasteiger partial charge on any atom is 0.123 e. The minimum Gasteiger partial charge on any atom is -0.379 e. The van der Waals surface area contributed by atoms with Crippen LogP contribution in [0.5, 0.6) is 0 Å². The molecule has 2 nitrogen and oxygen atoms in total. The van der Waals surface area contributed by atoms with Gasteiger partial charge in [-0.2, -0.15) is 0 Å². The highest BCUT2D eigenvalue weighted by atomic mass is 16.3. The summed E-state index contributed by atoms with van der Waals surface area (Å²) >= 11 is 0. The van der Waals surface area contributed by atoms with Crippen molar-refractivity contribution in [1.82, 2.24) is 4.90 Å². The summed E-state index contributed by atoms with van der Waals surface area (Å²) in [5, 5.41) is 10.1. The Labute approximate surface area is 79.9 Å². The predicted octanol–water partition coefficient (Wildman–Crippen LogP) is 2.05. The molecule has 0 radical (unpaired) electrons. The van der Waals surface area contributed by atoms with Crippen LogP contribution in [-0.4, -0.2) is 22.7 Å². The number of rotatable bonds is 2. The molecule has 1 aliphatic carbocycles. The lowest BCUT2D eigenvalue weighted by molar-refractivity contribution is 0.115. The molecule has 1 N–H and O–H groups in total. The minimum atomic E-state index is -0.840. The van der Waals surface area contributed by atoms with Crippen molar-refractivity contribution < 1.29 is 5.11 Å². The quantitative estimate of drug-likeness (QED) is 0.701. The standard InChI is InChI=1S/C11H17NO/c1-8(2)12(5)10-7-6-9(3)11(10,4)13/h6-7,13H,1H2,2-5H3/t11-/m1/s1. The van der Waals surface area contributed by atoms with Gasteiger partial charge in [-0.05, 0) is 32.4 Å². The van der Waals surface area contributed by atoms with E-state index in [9.17, 15) is 5.11 Å². The molecular weight excluding hydrogens is 162 g/mol. The van der Waals surface area contributed by atoms with Crippen molar-refractivity contribution in [3.63, 3.8) is 0 Å². The monoisotopic (exact) mass is 179 g/mol. The summed E-state index contributed by atoms with van der Waals surface area (Å²) in [6.45, 7) is 9.49. The lowest BCUT2D eigenvalue weighted by Gasteiger charge is -2.31. The SMILES string of the molecule is C=C(C)N(C)C1=CC=C(C)[C@@]1(C)O. The third-order valence-corrected chi connectivity index (χ3v) is 2.69. The number of nitrogens with zero attached hydrogens (tertiary/aromatic N) is 1. The number of aliphatic hydroxyl groups is 1. The van der Waals surface area contributed by atoms with Crippen LogP contribution in [0.4, 0.5) is 0 Å². The highest BCUT2D eigenvalue weighted by Gasteiger charge is 2.33. The van der Waals surface area contributed by atoms with Crippen molar-refractivity contribution in [1.29, 1.82) is 0 Å². The number of hydrogen-bond acceptors (Lipinski definition) is 2. The van der Waals surface area contributed by atoms with Gasteiger partial charge < -0.3 is 10.0 Å². The molecule has 0 bridgehead atoms. The third kappa shape index (κ3) is 1.54. The summed E-state index contributed by atoms with van der Waals surface area (Å²) in [5.41, 5.74) is 1.94. The van der Waals surface area contributed by atoms with Crippen molar-refractivity contribution in [3.05, 3.63) is 35.7 Å². The van der Waals surface area contributed by atoms with Gasteiger partial charge in [0.05, 0.1) is 5.70 Å². The molecular formula is C11H17NO. The first kappa shape index (κ1) is 10.1. The predicted molar refractivity (Wildman–Crippen MR) is 55.0 cm³/mol. The molecule has 0 saturated heterocycles. The average Bonchev–Trinajstić information content (AvgIpc) is 2.26. The van der Waals surface area contributed by atoms with E-state index in [-0.39, 0.29) is 0 Å². The van der Waals surface area contributed by atoms with E-state index in [1.54, 1.807) is 6.92 Å². The maximum atomic E-state index is 10.1. The first-order valence-electron chi connectivity index (χ1n) is 4.38. The van der Waals surface area contributed by atoms with Gasteiger partial charge in [0, 0.05) is 12.7 Å². The fourth-order valence-corrected chi connectivity index (χ4v) is 1.37. The second-order valence-electron chi connectivity index (χ2n) is 3.77. The number of likely N-dealkylation sites (N-methyl/N-ethyl adjacent to an activating group) is 1. The van der Waals surface area contributed by atoms with Gasteiger partial charge in [-0.1, -0.05) is 12.7 Å². The second kappa shape index (κ2) is 3.04. The van der Waals surface area contributed by atoms with Gasteiger partial charge in [0.2, 0.25) is 0 Å². The van der Waals surface area contributed by atoms with E-state index < -0.39 is 5.60 Å². The Balaban J connectivity index is 2.94. The summed E-state index contributed by atoms with van der Waals surface area (Å²) in [5.74, 6) is 0. The number of hydrogen-bond donors (Lipinski definition) is 1. The van der Waals surface area contributed by atoms with Crippen LogP contribution < -0.4 is 0 Å². The molecule has 0 aromatic carbocycles. The first-order chi connectivity index (χ1) is 5.87. The molecule has 0 saturated carbocycles. The molecule has 1 rings (SSSR count). The van der Waals surface area contributed by atoms with Crippen molar-refractivity contribution >= 4 is 0 Å². The molecule has 0 spiro atoms. The van der Waals surface area contributed by atoms with E-state index in [1.165, 1.54) is 0 Å². The molecule has 1 atom stereocenters. The zero-order valence-corrected chi connectivity index (χ0v) is 8.76. The van der Waals surface area contributed by atoms with Crippen LogP contribution in [0.25, 0.3) is 0 Å². The van der Waals surface area contributed by atoms with E-state index in [0.29, 0.717) is 0 Å². The molecule has 13 heavy (non-hydrogen) atoms. The van der Waals surface area contributed by atoms with Crippen molar-refractivity contribution in [2.45, 2.75) is 26.4 Å². The van der Waals surface area contributed by atoms with Crippen LogP contribution in [-0.2, 0) is 0 Å². The lowest BCUT2D eigenvalue weighted by atomic mass is 9.97. The van der Waals surface area contributed by atoms with E-state index in [2.05, 4.69) is 6.58 Å². The van der Waals surface area contributed by atoms with Crippen LogP contribution in [0.1, 0.15) is 20.8 Å². The Morgan fingerprint density at radius 3 is 2.38 bits per heavy atom. The molecule has 0 fully saturated rings. The first-order valence-corrected chi connectivity index (χ1v) is 4.38. The Bertz CT molecular complexity index is 297. The van der Waals surface area contributed by atoms with Gasteiger partial charge in [-0.3, -0.25) is 0 Å². The normalized spacial score (nSPS) is 26.8. The molecule has 1 aliphatic rings. The van der Waals surface area contributed by atoms with Gasteiger partial charge in [0.1, 0.15) is 5.60 Å². The largest absolute Gasteiger partial charge is 0.379 e. The zero-order valence-electron chi connectivity index (χ0n) is 8.76. The highest BCUT2D eigenvalue weighted by Crippen LogP contribution is 2.33. The Morgan fingerprint density at radius 1 is 1.54 bits per heavy atom. The topological polar surface area (TPSA) is 23.5 Å². The van der Waals surface area contributed by atoms with E-state index in [4.69, 9.17) is 0 Å².